The summed E-state index contributed by atoms with van der Waals surface area (Å²) in [6, 6.07) is 7.74. The summed E-state index contributed by atoms with van der Waals surface area (Å²) in [4.78, 5) is 32.9. The van der Waals surface area contributed by atoms with E-state index in [1.54, 1.807) is 37.1 Å². The van der Waals surface area contributed by atoms with Gasteiger partial charge >= 0.3 is 6.08 Å². The van der Waals surface area contributed by atoms with Gasteiger partial charge in [0.25, 0.3) is 11.8 Å². The molecule has 0 radical (unpaired) electrons. The topological polar surface area (TPSA) is 134 Å². The molecule has 1 aliphatic rings. The Balaban J connectivity index is 1.73. The number of nitrogens with two attached hydrogens (primary N) is 1. The number of hydrazone groups is 1. The molecule has 0 saturated heterocycles. The number of aromatic nitrogens is 3. The van der Waals surface area contributed by atoms with Gasteiger partial charge in [0.2, 0.25) is 5.83 Å². The average molecular weight is 624 g/mol. The van der Waals surface area contributed by atoms with Gasteiger partial charge in [0.1, 0.15) is 5.69 Å². The minimum atomic E-state index is -2.63. The normalized spacial score (nSPS) is 13.1. The molecule has 222 valence electrons. The molecule has 0 unspecified atom stereocenters. The van der Waals surface area contributed by atoms with Crippen molar-refractivity contribution >= 4 is 46.5 Å². The standard InChI is InChI=1S/C26H26Cl2F3N9O2/c1-13-9-14(27)10-17(26(42)38(3)16-6-7-16)21(13)35-25(41)19-11-15(36-40(19)24-18(28)5-4-8-34-24)12-39(33-2)37-23(32)20(29)22(30)31/h4-5,8-11,16,33H,6-7,12H2,1-3H3,(H2,32,37)(H,35,41). The molecular weight excluding hydrogens is 598 g/mol. The lowest BCUT2D eigenvalue weighted by Gasteiger charge is -2.20. The predicted molar refractivity (Wildman–Crippen MR) is 152 cm³/mol. The van der Waals surface area contributed by atoms with Crippen LogP contribution in [0.3, 0.4) is 0 Å². The average Bonchev–Trinajstić information content (AvgIpc) is 3.72. The smallest absolute Gasteiger partial charge is 0.309 e. The number of carbonyl (C=O) groups is 2. The zero-order valence-corrected chi connectivity index (χ0v) is 24.1. The van der Waals surface area contributed by atoms with Gasteiger partial charge in [0.15, 0.2) is 11.7 Å². The van der Waals surface area contributed by atoms with E-state index >= 15 is 0 Å². The highest BCUT2D eigenvalue weighted by Crippen LogP contribution is 2.32. The molecule has 2 aromatic heterocycles. The number of nitrogens with zero attached hydrogens (tertiary/aromatic N) is 6. The van der Waals surface area contributed by atoms with Gasteiger partial charge in [0, 0.05) is 31.4 Å². The maximum absolute atomic E-state index is 13.7. The van der Waals surface area contributed by atoms with Crippen molar-refractivity contribution in [1.29, 1.82) is 0 Å². The fraction of sp³-hybridized carbons (Fsp3) is 0.269. The van der Waals surface area contributed by atoms with Crippen molar-refractivity contribution in [3.63, 3.8) is 0 Å². The van der Waals surface area contributed by atoms with Crippen LogP contribution < -0.4 is 16.5 Å². The summed E-state index contributed by atoms with van der Waals surface area (Å²) < 4.78 is 40.0. The Kier molecular flexibility index (Phi) is 9.39. The van der Waals surface area contributed by atoms with Gasteiger partial charge in [-0.15, -0.1) is 5.10 Å². The predicted octanol–water partition coefficient (Wildman–Crippen LogP) is 4.66. The molecule has 11 nitrogen and oxygen atoms in total. The van der Waals surface area contributed by atoms with Crippen LogP contribution in [0, 0.1) is 6.92 Å². The summed E-state index contributed by atoms with van der Waals surface area (Å²) in [6.45, 7) is 1.46. The van der Waals surface area contributed by atoms with Crippen molar-refractivity contribution in [3.05, 3.63) is 81.0 Å². The molecule has 16 heteroatoms. The molecule has 1 fully saturated rings. The number of amides is 2. The van der Waals surface area contributed by atoms with E-state index in [0.717, 1.165) is 18.0 Å². The molecule has 1 saturated carbocycles. The first kappa shape index (κ1) is 30.8. The van der Waals surface area contributed by atoms with Crippen molar-refractivity contribution in [1.82, 2.24) is 30.2 Å². The fourth-order valence-electron chi connectivity index (χ4n) is 4.03. The van der Waals surface area contributed by atoms with Gasteiger partial charge in [-0.2, -0.15) is 18.3 Å². The number of pyridine rings is 1. The molecule has 1 aliphatic carbocycles. The zero-order chi connectivity index (χ0) is 30.7. The van der Waals surface area contributed by atoms with E-state index in [1.807, 2.05) is 0 Å². The lowest BCUT2D eigenvalue weighted by atomic mass is 10.1. The van der Waals surface area contributed by atoms with E-state index in [0.29, 0.717) is 10.6 Å². The number of halogens is 5. The first-order valence-electron chi connectivity index (χ1n) is 12.5. The number of nitrogens with one attached hydrogen (secondary N) is 2. The summed E-state index contributed by atoms with van der Waals surface area (Å²) in [7, 11) is 3.09. The molecule has 2 heterocycles. The minimum absolute atomic E-state index is 0.0391. The van der Waals surface area contributed by atoms with Crippen LogP contribution in [0.25, 0.3) is 5.82 Å². The van der Waals surface area contributed by atoms with E-state index in [1.165, 1.54) is 30.1 Å². The van der Waals surface area contributed by atoms with Crippen molar-refractivity contribution in [2.24, 2.45) is 10.8 Å². The number of amidine groups is 1. The fourth-order valence-corrected chi connectivity index (χ4v) is 4.50. The first-order valence-corrected chi connectivity index (χ1v) is 13.3. The Morgan fingerprint density at radius 2 is 1.93 bits per heavy atom. The minimum Gasteiger partial charge on any atom is -0.380 e. The van der Waals surface area contributed by atoms with Gasteiger partial charge in [-0.1, -0.05) is 23.2 Å². The molecule has 2 amide bonds. The van der Waals surface area contributed by atoms with Crippen LogP contribution >= 0.6 is 23.2 Å². The summed E-state index contributed by atoms with van der Waals surface area (Å²) in [5, 5.41) is 12.2. The van der Waals surface area contributed by atoms with E-state index in [2.05, 4.69) is 25.9 Å². The Bertz CT molecular complexity index is 1590. The van der Waals surface area contributed by atoms with Crippen LogP contribution in [0.15, 0.2) is 53.5 Å². The van der Waals surface area contributed by atoms with Gasteiger partial charge in [-0.3, -0.25) is 9.59 Å². The summed E-state index contributed by atoms with van der Waals surface area (Å²) in [5.41, 5.74) is 9.06. The van der Waals surface area contributed by atoms with E-state index in [9.17, 15) is 22.8 Å². The number of hydrogen-bond donors (Lipinski definition) is 3. The van der Waals surface area contributed by atoms with Crippen LogP contribution in [0.4, 0.5) is 18.9 Å². The largest absolute Gasteiger partial charge is 0.380 e. The van der Waals surface area contributed by atoms with E-state index < -0.39 is 23.7 Å². The van der Waals surface area contributed by atoms with Gasteiger partial charge < -0.3 is 16.0 Å². The highest BCUT2D eigenvalue weighted by atomic mass is 35.5. The maximum atomic E-state index is 13.7. The SMILES string of the molecule is CNN(Cc1cc(C(=O)Nc2c(C)cc(Cl)cc2C(=O)N(C)C2CC2)n(-c2ncccc2Cl)n1)N=C(N)C(F)=C(F)F. The number of benzene rings is 1. The summed E-state index contributed by atoms with van der Waals surface area (Å²) in [5.74, 6) is -3.90. The molecule has 0 spiro atoms. The molecule has 3 aromatic rings. The van der Waals surface area contributed by atoms with Crippen molar-refractivity contribution < 1.29 is 22.8 Å². The van der Waals surface area contributed by atoms with Crippen molar-refractivity contribution in [2.45, 2.75) is 32.4 Å². The molecule has 0 aliphatic heterocycles. The van der Waals surface area contributed by atoms with Crippen LogP contribution in [-0.2, 0) is 6.54 Å². The molecule has 0 atom stereocenters. The van der Waals surface area contributed by atoms with E-state index in [-0.39, 0.29) is 52.0 Å². The number of anilines is 1. The van der Waals surface area contributed by atoms with Crippen LogP contribution in [-0.4, -0.2) is 62.6 Å². The third kappa shape index (κ3) is 6.83. The van der Waals surface area contributed by atoms with Gasteiger partial charge in [-0.25, -0.2) is 20.2 Å². The second-order valence-electron chi connectivity index (χ2n) is 9.33. The van der Waals surface area contributed by atoms with E-state index in [4.69, 9.17) is 28.9 Å². The molecule has 0 bridgehead atoms. The van der Waals surface area contributed by atoms with Gasteiger partial charge in [0.05, 0.1) is 28.5 Å². The number of hydrazine groups is 1. The summed E-state index contributed by atoms with van der Waals surface area (Å²) in [6.07, 6.45) is 0.602. The van der Waals surface area contributed by atoms with Crippen molar-refractivity contribution in [2.75, 3.05) is 19.4 Å². The lowest BCUT2D eigenvalue weighted by molar-refractivity contribution is 0.0786. The monoisotopic (exact) mass is 623 g/mol. The molecule has 42 heavy (non-hydrogen) atoms. The molecule has 4 N–H and O–H groups in total. The Labute approximate surface area is 248 Å². The highest BCUT2D eigenvalue weighted by molar-refractivity contribution is 6.32. The number of hydrogen-bond acceptors (Lipinski definition) is 7. The molecular formula is C26H26Cl2F3N9O2. The first-order chi connectivity index (χ1) is 19.9. The second-order valence-corrected chi connectivity index (χ2v) is 10.2. The quantitative estimate of drug-likeness (QED) is 0.170. The third-order valence-corrected chi connectivity index (χ3v) is 6.82. The highest BCUT2D eigenvalue weighted by Gasteiger charge is 2.32. The molecule has 4 rings (SSSR count). The number of carbonyl (C=O) groups excluding carboxylic acids is 2. The molecule has 1 aromatic carbocycles. The van der Waals surface area contributed by atoms with Gasteiger partial charge in [-0.05, 0) is 55.7 Å². The summed E-state index contributed by atoms with van der Waals surface area (Å²) >= 11 is 12.6. The lowest BCUT2D eigenvalue weighted by Crippen LogP contribution is -2.32. The van der Waals surface area contributed by atoms with Crippen LogP contribution in [0.2, 0.25) is 10.0 Å². The number of rotatable bonds is 10. The Morgan fingerprint density at radius 3 is 2.55 bits per heavy atom. The Hall–Kier alpha value is -4.14. The Morgan fingerprint density at radius 1 is 1.21 bits per heavy atom. The number of aryl methyl sites for hydroxylation is 1. The zero-order valence-electron chi connectivity index (χ0n) is 22.6. The second kappa shape index (κ2) is 12.8. The van der Waals surface area contributed by atoms with Crippen LogP contribution in [0.5, 0.6) is 0 Å². The third-order valence-electron chi connectivity index (χ3n) is 6.31. The maximum Gasteiger partial charge on any atom is 0.309 e. The van der Waals surface area contributed by atoms with Crippen LogP contribution in [0.1, 0.15) is 44.9 Å². The van der Waals surface area contributed by atoms with Crippen molar-refractivity contribution in [3.8, 4) is 5.82 Å².